The Balaban J connectivity index is 1.39. The molecule has 0 radical (unpaired) electrons. The molecule has 0 aliphatic carbocycles. The van der Waals surface area contributed by atoms with Crippen LogP contribution in [0.2, 0.25) is 0 Å². The van der Waals surface area contributed by atoms with Crippen LogP contribution in [0, 0.1) is 0 Å². The Hall–Kier alpha value is -3.22. The maximum Gasteiger partial charge on any atom is 0.265 e. The molecule has 2 aromatic rings. The van der Waals surface area contributed by atoms with Gasteiger partial charge in [0.2, 0.25) is 6.79 Å². The molecule has 7 nitrogen and oxygen atoms in total. The Morgan fingerprint density at radius 3 is 2.80 bits per heavy atom. The van der Waals surface area contributed by atoms with Crippen molar-refractivity contribution < 1.29 is 23.8 Å². The zero-order chi connectivity index (χ0) is 17.2. The molecule has 0 saturated heterocycles. The minimum atomic E-state index is -0.229. The Bertz CT molecular complexity index is 836. The number of fused-ring (bicyclic) bond motifs is 2. The van der Waals surface area contributed by atoms with Crippen LogP contribution in [-0.4, -0.2) is 38.3 Å². The summed E-state index contributed by atoms with van der Waals surface area (Å²) in [7, 11) is 0. The summed E-state index contributed by atoms with van der Waals surface area (Å²) in [6, 6.07) is 12.4. The van der Waals surface area contributed by atoms with Gasteiger partial charge in [0.05, 0.1) is 5.69 Å². The highest BCUT2D eigenvalue weighted by Crippen LogP contribution is 2.33. The SMILES string of the molecule is O=C(NCCN1C(=O)COc2ccccc21)c1ccc2c(c1)OCO2. The number of hydrogen-bond acceptors (Lipinski definition) is 5. The fraction of sp³-hybridized carbons (Fsp3) is 0.222. The van der Waals surface area contributed by atoms with E-state index in [-0.39, 0.29) is 25.2 Å². The summed E-state index contributed by atoms with van der Waals surface area (Å²) >= 11 is 0. The molecule has 0 spiro atoms. The standard InChI is InChI=1S/C18H16N2O5/c21-17-10-23-14-4-2-1-3-13(14)20(17)8-7-19-18(22)12-5-6-15-16(9-12)25-11-24-15/h1-6,9H,7-8,10-11H2,(H,19,22). The number of nitrogens with zero attached hydrogens (tertiary/aromatic N) is 1. The number of amides is 2. The van der Waals surface area contributed by atoms with Crippen molar-refractivity contribution in [3.63, 3.8) is 0 Å². The third-order valence-corrected chi connectivity index (χ3v) is 4.06. The van der Waals surface area contributed by atoms with E-state index in [0.717, 1.165) is 5.69 Å². The van der Waals surface area contributed by atoms with Crippen LogP contribution in [0.4, 0.5) is 5.69 Å². The molecule has 0 bridgehead atoms. The summed E-state index contributed by atoms with van der Waals surface area (Å²) in [5, 5.41) is 2.82. The van der Waals surface area contributed by atoms with Crippen molar-refractivity contribution >= 4 is 17.5 Å². The number of rotatable bonds is 4. The van der Waals surface area contributed by atoms with Crippen LogP contribution >= 0.6 is 0 Å². The highest BCUT2D eigenvalue weighted by Gasteiger charge is 2.25. The number of carbonyl (C=O) groups excluding carboxylic acids is 2. The van der Waals surface area contributed by atoms with Gasteiger partial charge in [-0.25, -0.2) is 0 Å². The van der Waals surface area contributed by atoms with E-state index < -0.39 is 0 Å². The van der Waals surface area contributed by atoms with E-state index in [9.17, 15) is 9.59 Å². The topological polar surface area (TPSA) is 77.1 Å². The predicted octanol–water partition coefficient (Wildman–Crippen LogP) is 1.57. The number of benzene rings is 2. The first-order valence-electron chi connectivity index (χ1n) is 7.92. The minimum absolute atomic E-state index is 0.00706. The van der Waals surface area contributed by atoms with Crippen LogP contribution in [0.25, 0.3) is 0 Å². The Morgan fingerprint density at radius 2 is 1.88 bits per heavy atom. The molecular formula is C18H16N2O5. The van der Waals surface area contributed by atoms with E-state index >= 15 is 0 Å². The average molecular weight is 340 g/mol. The second-order valence-electron chi connectivity index (χ2n) is 5.63. The quantitative estimate of drug-likeness (QED) is 0.914. The molecule has 128 valence electrons. The maximum atomic E-state index is 12.3. The van der Waals surface area contributed by atoms with Crippen LogP contribution in [-0.2, 0) is 4.79 Å². The van der Waals surface area contributed by atoms with E-state index in [1.54, 1.807) is 23.1 Å². The second kappa shape index (κ2) is 6.35. The number of hydrogen-bond donors (Lipinski definition) is 1. The van der Waals surface area contributed by atoms with Gasteiger partial charge >= 0.3 is 0 Å². The zero-order valence-corrected chi connectivity index (χ0v) is 13.4. The largest absolute Gasteiger partial charge is 0.482 e. The molecule has 0 aromatic heterocycles. The smallest absolute Gasteiger partial charge is 0.265 e. The third-order valence-electron chi connectivity index (χ3n) is 4.06. The van der Waals surface area contributed by atoms with E-state index in [0.29, 0.717) is 35.9 Å². The lowest BCUT2D eigenvalue weighted by Crippen LogP contribution is -2.43. The van der Waals surface area contributed by atoms with Gasteiger partial charge in [-0.1, -0.05) is 12.1 Å². The molecule has 4 rings (SSSR count). The van der Waals surface area contributed by atoms with Crippen LogP contribution in [0.3, 0.4) is 0 Å². The van der Waals surface area contributed by atoms with Gasteiger partial charge in [0, 0.05) is 18.7 Å². The molecule has 2 aliphatic heterocycles. The van der Waals surface area contributed by atoms with Crippen LogP contribution < -0.4 is 24.4 Å². The first kappa shape index (κ1) is 15.3. The predicted molar refractivity (Wildman–Crippen MR) is 89.2 cm³/mol. The molecule has 7 heteroatoms. The van der Waals surface area contributed by atoms with Crippen molar-refractivity contribution in [2.75, 3.05) is 31.4 Å². The highest BCUT2D eigenvalue weighted by atomic mass is 16.7. The summed E-state index contributed by atoms with van der Waals surface area (Å²) in [5.74, 6) is 1.50. The molecule has 1 N–H and O–H groups in total. The monoisotopic (exact) mass is 340 g/mol. The lowest BCUT2D eigenvalue weighted by atomic mass is 10.2. The molecule has 25 heavy (non-hydrogen) atoms. The van der Waals surface area contributed by atoms with Gasteiger partial charge in [-0.3, -0.25) is 9.59 Å². The van der Waals surface area contributed by atoms with E-state index in [4.69, 9.17) is 14.2 Å². The first-order valence-corrected chi connectivity index (χ1v) is 7.92. The van der Waals surface area contributed by atoms with E-state index in [2.05, 4.69) is 5.32 Å². The first-order chi connectivity index (χ1) is 12.2. The van der Waals surface area contributed by atoms with Crippen LogP contribution in [0.15, 0.2) is 42.5 Å². The summed E-state index contributed by atoms with van der Waals surface area (Å²) < 4.78 is 15.9. The van der Waals surface area contributed by atoms with Crippen LogP contribution in [0.5, 0.6) is 17.2 Å². The van der Waals surface area contributed by atoms with Gasteiger partial charge in [-0.05, 0) is 30.3 Å². The van der Waals surface area contributed by atoms with Crippen molar-refractivity contribution in [3.05, 3.63) is 48.0 Å². The van der Waals surface area contributed by atoms with Crippen molar-refractivity contribution in [2.45, 2.75) is 0 Å². The fourth-order valence-corrected chi connectivity index (χ4v) is 2.82. The molecular weight excluding hydrogens is 324 g/mol. The van der Waals surface area contributed by atoms with Gasteiger partial charge in [0.1, 0.15) is 5.75 Å². The summed E-state index contributed by atoms with van der Waals surface area (Å²) in [6.07, 6.45) is 0. The summed E-state index contributed by atoms with van der Waals surface area (Å²) in [5.41, 5.74) is 1.20. The van der Waals surface area contributed by atoms with E-state index in [1.807, 2.05) is 24.3 Å². The molecule has 2 aromatic carbocycles. The molecule has 2 amide bonds. The number of ether oxygens (including phenoxy) is 3. The van der Waals surface area contributed by atoms with Gasteiger partial charge in [0.25, 0.3) is 11.8 Å². The van der Waals surface area contributed by atoms with E-state index in [1.165, 1.54) is 0 Å². The zero-order valence-electron chi connectivity index (χ0n) is 13.4. The number of anilines is 1. The third kappa shape index (κ3) is 2.96. The lowest BCUT2D eigenvalue weighted by molar-refractivity contribution is -0.121. The average Bonchev–Trinajstić information content (AvgIpc) is 3.11. The molecule has 0 fully saturated rings. The number of carbonyl (C=O) groups is 2. The van der Waals surface area contributed by atoms with Gasteiger partial charge < -0.3 is 24.4 Å². The van der Waals surface area contributed by atoms with Crippen molar-refractivity contribution in [2.24, 2.45) is 0 Å². The van der Waals surface area contributed by atoms with Crippen LogP contribution in [0.1, 0.15) is 10.4 Å². The number of para-hydroxylation sites is 2. The molecule has 2 heterocycles. The van der Waals surface area contributed by atoms with Crippen molar-refractivity contribution in [1.82, 2.24) is 5.32 Å². The number of nitrogens with one attached hydrogen (secondary N) is 1. The molecule has 2 aliphatic rings. The fourth-order valence-electron chi connectivity index (χ4n) is 2.82. The van der Waals surface area contributed by atoms with Crippen molar-refractivity contribution in [3.8, 4) is 17.2 Å². The Morgan fingerprint density at radius 1 is 1.04 bits per heavy atom. The lowest BCUT2D eigenvalue weighted by Gasteiger charge is -2.29. The molecule has 0 atom stereocenters. The normalized spacial score (nSPS) is 14.7. The highest BCUT2D eigenvalue weighted by molar-refractivity contribution is 5.98. The maximum absolute atomic E-state index is 12.3. The second-order valence-corrected chi connectivity index (χ2v) is 5.63. The Labute approximate surface area is 144 Å². The Kier molecular flexibility index (Phi) is 3.89. The van der Waals surface area contributed by atoms with Gasteiger partial charge in [0.15, 0.2) is 18.1 Å². The van der Waals surface area contributed by atoms with Gasteiger partial charge in [-0.15, -0.1) is 0 Å². The van der Waals surface area contributed by atoms with Crippen molar-refractivity contribution in [1.29, 1.82) is 0 Å². The summed E-state index contributed by atoms with van der Waals surface area (Å²) in [6.45, 7) is 0.870. The minimum Gasteiger partial charge on any atom is -0.482 e. The summed E-state index contributed by atoms with van der Waals surface area (Å²) in [4.78, 5) is 26.0. The molecule has 0 saturated carbocycles. The molecule has 0 unspecified atom stereocenters. The van der Waals surface area contributed by atoms with Gasteiger partial charge in [-0.2, -0.15) is 0 Å².